The molecule has 0 atom stereocenters. The molecule has 1 N–H and O–H groups in total. The van der Waals surface area contributed by atoms with Gasteiger partial charge < -0.3 is 15.1 Å². The van der Waals surface area contributed by atoms with Crippen LogP contribution in [0.4, 0.5) is 0 Å². The SMILES string of the molecule is O=C(O)c1ccccn1.[Ir].c1ccc2c(c1)c1cccnc1c1[n-]cnc21. The molecule has 1 radical (unpaired) electrons. The summed E-state index contributed by atoms with van der Waals surface area (Å²) in [7, 11) is 0. The van der Waals surface area contributed by atoms with Gasteiger partial charge in [0.15, 0.2) is 0 Å². The summed E-state index contributed by atoms with van der Waals surface area (Å²) in [5.41, 5.74) is 2.84. The molecule has 6 nitrogen and oxygen atoms in total. The maximum absolute atomic E-state index is 10.1. The molecule has 3 aromatic heterocycles. The summed E-state index contributed by atoms with van der Waals surface area (Å²) in [5, 5.41) is 11.8. The van der Waals surface area contributed by atoms with Crippen molar-refractivity contribution in [2.24, 2.45) is 0 Å². The van der Waals surface area contributed by atoms with Gasteiger partial charge in [0.1, 0.15) is 5.69 Å². The summed E-state index contributed by atoms with van der Waals surface area (Å²) in [6.45, 7) is 0. The third-order valence-electron chi connectivity index (χ3n) is 3.99. The number of hydrogen-bond donors (Lipinski definition) is 1. The molecule has 27 heavy (non-hydrogen) atoms. The number of benzene rings is 2. The molecule has 0 fully saturated rings. The number of imidazole rings is 1. The summed E-state index contributed by atoms with van der Waals surface area (Å²) in [5.74, 6) is -0.990. The zero-order valence-electron chi connectivity index (χ0n) is 13.9. The zero-order chi connectivity index (χ0) is 17.9. The smallest absolute Gasteiger partial charge is 0.354 e. The van der Waals surface area contributed by atoms with Gasteiger partial charge in [-0.1, -0.05) is 42.7 Å². The van der Waals surface area contributed by atoms with Crippen molar-refractivity contribution in [1.29, 1.82) is 0 Å². The molecule has 0 saturated heterocycles. The minimum absolute atomic E-state index is 0. The molecule has 0 bridgehead atoms. The van der Waals surface area contributed by atoms with Gasteiger partial charge in [0.25, 0.3) is 0 Å². The van der Waals surface area contributed by atoms with Gasteiger partial charge in [-0.15, -0.1) is 0 Å². The van der Waals surface area contributed by atoms with Gasteiger partial charge in [-0.25, -0.2) is 9.78 Å². The molecular weight excluding hydrogens is 520 g/mol. The quantitative estimate of drug-likeness (QED) is 0.331. The Morgan fingerprint density at radius 1 is 0.778 bits per heavy atom. The number of carboxylic acid groups (broad SMARTS) is 1. The minimum Gasteiger partial charge on any atom is -0.477 e. The van der Waals surface area contributed by atoms with Gasteiger partial charge in [0.05, 0.1) is 5.52 Å². The Hall–Kier alpha value is -3.15. The first kappa shape index (κ1) is 18.6. The van der Waals surface area contributed by atoms with Crippen LogP contribution in [0.3, 0.4) is 0 Å². The van der Waals surface area contributed by atoms with Crippen LogP contribution in [-0.2, 0) is 20.1 Å². The second kappa shape index (κ2) is 8.03. The van der Waals surface area contributed by atoms with E-state index in [0.29, 0.717) is 0 Å². The molecule has 135 valence electrons. The first-order chi connectivity index (χ1) is 12.8. The van der Waals surface area contributed by atoms with Gasteiger partial charge in [-0.05, 0) is 40.0 Å². The van der Waals surface area contributed by atoms with Crippen LogP contribution in [0.5, 0.6) is 0 Å². The fourth-order valence-corrected chi connectivity index (χ4v) is 2.86. The molecule has 5 aromatic rings. The Kier molecular flexibility index (Phi) is 5.54. The van der Waals surface area contributed by atoms with Crippen LogP contribution in [-0.4, -0.2) is 26.0 Å². The normalized spacial score (nSPS) is 10.2. The number of pyridine rings is 2. The van der Waals surface area contributed by atoms with Crippen LogP contribution >= 0.6 is 0 Å². The fraction of sp³-hybridized carbons (Fsp3) is 0. The number of carboxylic acids is 1. The van der Waals surface area contributed by atoms with Crippen LogP contribution in [0.2, 0.25) is 0 Å². The second-order valence-corrected chi connectivity index (χ2v) is 5.54. The summed E-state index contributed by atoms with van der Waals surface area (Å²) in [6.07, 6.45) is 4.85. The predicted octanol–water partition coefficient (Wildman–Crippen LogP) is 3.67. The van der Waals surface area contributed by atoms with Gasteiger partial charge in [-0.2, -0.15) is 0 Å². The molecular formula is C20H13IrN4O2-. The predicted molar refractivity (Wildman–Crippen MR) is 99.1 cm³/mol. The Morgan fingerprint density at radius 3 is 2.07 bits per heavy atom. The molecule has 7 heteroatoms. The van der Waals surface area contributed by atoms with E-state index in [-0.39, 0.29) is 25.8 Å². The maximum atomic E-state index is 10.1. The van der Waals surface area contributed by atoms with E-state index in [1.807, 2.05) is 18.2 Å². The molecule has 3 heterocycles. The van der Waals surface area contributed by atoms with Gasteiger partial charge in [0, 0.05) is 37.9 Å². The molecule has 2 aromatic carbocycles. The Bertz CT molecular complexity index is 1150. The minimum atomic E-state index is -0.990. The van der Waals surface area contributed by atoms with E-state index in [1.54, 1.807) is 24.7 Å². The third-order valence-corrected chi connectivity index (χ3v) is 3.99. The summed E-state index contributed by atoms with van der Waals surface area (Å²) < 4.78 is 0. The number of rotatable bonds is 1. The molecule has 0 amide bonds. The van der Waals surface area contributed by atoms with E-state index < -0.39 is 5.97 Å². The zero-order valence-corrected chi connectivity index (χ0v) is 16.3. The van der Waals surface area contributed by atoms with Crippen LogP contribution in [0.25, 0.3) is 32.7 Å². The largest absolute Gasteiger partial charge is 0.477 e. The Balaban J connectivity index is 0.000000181. The first-order valence-electron chi connectivity index (χ1n) is 7.93. The Labute approximate surface area is 167 Å². The van der Waals surface area contributed by atoms with Crippen molar-refractivity contribution in [1.82, 2.24) is 19.9 Å². The van der Waals surface area contributed by atoms with Crippen molar-refractivity contribution in [2.45, 2.75) is 0 Å². The molecule has 0 unspecified atom stereocenters. The summed E-state index contributed by atoms with van der Waals surface area (Å²) in [6, 6.07) is 17.0. The Morgan fingerprint density at radius 2 is 1.41 bits per heavy atom. The molecule has 5 rings (SSSR count). The monoisotopic (exact) mass is 534 g/mol. The van der Waals surface area contributed by atoms with Crippen molar-refractivity contribution < 1.29 is 30.0 Å². The number of carbonyl (C=O) groups is 1. The van der Waals surface area contributed by atoms with Crippen LogP contribution < -0.4 is 4.98 Å². The fourth-order valence-electron chi connectivity index (χ4n) is 2.86. The standard InChI is InChI=1S/C14H8N3.C6H5NO2.Ir/c1-2-5-10-9(4-1)11-6-3-7-15-12(11)14-13(10)16-8-17-14;8-6(9)5-3-1-2-4-7-5;/h1-8H;1-4H,(H,8,9);/q-1;;. The van der Waals surface area contributed by atoms with Crippen LogP contribution in [0.15, 0.2) is 73.3 Å². The maximum Gasteiger partial charge on any atom is 0.354 e. The van der Waals surface area contributed by atoms with Crippen molar-refractivity contribution in [3.05, 3.63) is 79.0 Å². The average molecular weight is 534 g/mol. The van der Waals surface area contributed by atoms with Crippen molar-refractivity contribution in [3.8, 4) is 0 Å². The summed E-state index contributed by atoms with van der Waals surface area (Å²) in [4.78, 5) is 26.8. The van der Waals surface area contributed by atoms with E-state index in [1.165, 1.54) is 17.6 Å². The average Bonchev–Trinajstić information content (AvgIpc) is 3.20. The van der Waals surface area contributed by atoms with E-state index in [2.05, 4.69) is 38.1 Å². The third kappa shape index (κ3) is 3.56. The number of aromatic nitrogens is 4. The first-order valence-corrected chi connectivity index (χ1v) is 7.93. The molecule has 0 saturated carbocycles. The van der Waals surface area contributed by atoms with Gasteiger partial charge >= 0.3 is 5.97 Å². The van der Waals surface area contributed by atoms with E-state index in [9.17, 15) is 4.79 Å². The van der Waals surface area contributed by atoms with Gasteiger partial charge in [-0.3, -0.25) is 4.98 Å². The van der Waals surface area contributed by atoms with E-state index >= 15 is 0 Å². The van der Waals surface area contributed by atoms with E-state index in [0.717, 1.165) is 27.3 Å². The topological polar surface area (TPSA) is 90.1 Å². The number of nitrogens with zero attached hydrogens (tertiary/aromatic N) is 4. The molecule has 0 aliphatic heterocycles. The van der Waals surface area contributed by atoms with Crippen LogP contribution in [0, 0.1) is 0 Å². The van der Waals surface area contributed by atoms with Gasteiger partial charge in [0.2, 0.25) is 0 Å². The molecule has 0 aliphatic carbocycles. The molecule has 0 spiro atoms. The number of hydrogen-bond acceptors (Lipinski definition) is 4. The molecule has 0 aliphatic rings. The number of aromatic carboxylic acids is 1. The van der Waals surface area contributed by atoms with Crippen molar-refractivity contribution >= 4 is 38.7 Å². The number of fused-ring (bicyclic) bond motifs is 6. The van der Waals surface area contributed by atoms with Crippen molar-refractivity contribution in [2.75, 3.05) is 0 Å². The second-order valence-electron chi connectivity index (χ2n) is 5.54. The summed E-state index contributed by atoms with van der Waals surface area (Å²) >= 11 is 0. The van der Waals surface area contributed by atoms with E-state index in [4.69, 9.17) is 5.11 Å². The van der Waals surface area contributed by atoms with Crippen molar-refractivity contribution in [3.63, 3.8) is 0 Å². The van der Waals surface area contributed by atoms with Crippen LogP contribution in [0.1, 0.15) is 10.5 Å².